The molecular formula is C18H15BrIPS. The van der Waals surface area contributed by atoms with E-state index in [9.17, 15) is 0 Å². The molecule has 0 bridgehead atoms. The maximum absolute atomic E-state index is 3.78. The molecule has 0 N–H and O–H groups in total. The van der Waals surface area contributed by atoms with E-state index in [4.69, 9.17) is 0 Å². The van der Waals surface area contributed by atoms with Crippen molar-refractivity contribution in [3.63, 3.8) is 0 Å². The van der Waals surface area contributed by atoms with E-state index in [2.05, 4.69) is 112 Å². The molecule has 0 saturated heterocycles. The van der Waals surface area contributed by atoms with Crippen LogP contribution in [0.4, 0.5) is 0 Å². The molecule has 3 rings (SSSR count). The SMILES string of the molecule is Br[I-]S[P+](c1ccccc1)(c1ccccc1)c1ccccc1. The van der Waals surface area contributed by atoms with Gasteiger partial charge in [0.2, 0.25) is 0 Å². The van der Waals surface area contributed by atoms with Crippen molar-refractivity contribution in [2.24, 2.45) is 0 Å². The molecule has 0 atom stereocenters. The summed E-state index contributed by atoms with van der Waals surface area (Å²) in [6.07, 6.45) is 0. The Kier molecular flexibility index (Phi) is 5.97. The van der Waals surface area contributed by atoms with Crippen molar-refractivity contribution in [2.75, 3.05) is 0 Å². The fourth-order valence-corrected chi connectivity index (χ4v) is 25.6. The molecule has 3 aromatic carbocycles. The zero-order chi connectivity index (χ0) is 15.3. The first kappa shape index (κ1) is 16.5. The summed E-state index contributed by atoms with van der Waals surface area (Å²) in [5, 5.41) is 4.32. The topological polar surface area (TPSA) is 0 Å². The molecule has 0 amide bonds. The van der Waals surface area contributed by atoms with E-state index in [0.717, 1.165) is 0 Å². The minimum absolute atomic E-state index is 0.0811. The molecular weight excluding hydrogens is 486 g/mol. The molecule has 0 aliphatic heterocycles. The van der Waals surface area contributed by atoms with Crippen LogP contribution >= 0.6 is 27.7 Å². The third-order valence-electron chi connectivity index (χ3n) is 3.49. The Hall–Kier alpha value is -0.350. The van der Waals surface area contributed by atoms with Crippen LogP contribution in [0.25, 0.3) is 0 Å². The number of halogens is 2. The third-order valence-corrected chi connectivity index (χ3v) is 22.8. The van der Waals surface area contributed by atoms with E-state index in [1.54, 1.807) is 0 Å². The fourth-order valence-electron chi connectivity index (χ4n) is 2.52. The number of rotatable bonds is 5. The minimum atomic E-state index is -1.63. The summed E-state index contributed by atoms with van der Waals surface area (Å²) in [7, 11) is 2.12. The van der Waals surface area contributed by atoms with E-state index in [-0.39, 0.29) is 17.6 Å². The molecule has 0 spiro atoms. The van der Waals surface area contributed by atoms with Gasteiger partial charge in [0.25, 0.3) is 0 Å². The van der Waals surface area contributed by atoms with E-state index in [1.165, 1.54) is 15.9 Å². The second kappa shape index (κ2) is 7.96. The van der Waals surface area contributed by atoms with Crippen LogP contribution in [0.15, 0.2) is 91.0 Å². The second-order valence-electron chi connectivity index (χ2n) is 4.74. The first-order valence-corrected chi connectivity index (χ1v) is 17.5. The van der Waals surface area contributed by atoms with Gasteiger partial charge in [-0.1, -0.05) is 0 Å². The summed E-state index contributed by atoms with van der Waals surface area (Å²) < 4.78 is 0. The molecule has 3 aromatic rings. The predicted octanol–water partition coefficient (Wildman–Crippen LogP) is 1.94. The van der Waals surface area contributed by atoms with E-state index >= 15 is 0 Å². The van der Waals surface area contributed by atoms with Crippen molar-refractivity contribution in [2.45, 2.75) is 0 Å². The summed E-state index contributed by atoms with van der Waals surface area (Å²) in [4.78, 5) is 0. The third kappa shape index (κ3) is 3.28. The molecule has 22 heavy (non-hydrogen) atoms. The van der Waals surface area contributed by atoms with E-state index in [1.807, 2.05) is 0 Å². The Morgan fingerprint density at radius 2 is 0.909 bits per heavy atom. The van der Waals surface area contributed by atoms with Crippen LogP contribution in [0.5, 0.6) is 0 Å². The van der Waals surface area contributed by atoms with E-state index in [0.29, 0.717) is 0 Å². The number of benzene rings is 3. The molecule has 0 unspecified atom stereocenters. The zero-order valence-electron chi connectivity index (χ0n) is 11.8. The summed E-state index contributed by atoms with van der Waals surface area (Å²) in [6.45, 7) is -1.63. The number of hydrogen-bond donors (Lipinski definition) is 0. The maximum atomic E-state index is 3.78. The van der Waals surface area contributed by atoms with Gasteiger partial charge in [0, 0.05) is 0 Å². The molecule has 112 valence electrons. The Balaban J connectivity index is 2.29. The van der Waals surface area contributed by atoms with Crippen molar-refractivity contribution < 1.29 is 17.6 Å². The van der Waals surface area contributed by atoms with Crippen LogP contribution in [0.3, 0.4) is 0 Å². The van der Waals surface area contributed by atoms with Crippen molar-refractivity contribution in [3.05, 3.63) is 91.0 Å². The van der Waals surface area contributed by atoms with Gasteiger partial charge in [-0.05, 0) is 0 Å². The van der Waals surface area contributed by atoms with Crippen LogP contribution in [0.1, 0.15) is 0 Å². The standard InChI is InChI=1S/C18H15BrIPS/c19-20-22-21(16-10-4-1-5-11-16,17-12-6-2-7-13-17)18-14-8-3-9-15-18/h1-15H. The Labute approximate surface area is 151 Å². The van der Waals surface area contributed by atoms with Gasteiger partial charge < -0.3 is 0 Å². The van der Waals surface area contributed by atoms with Crippen molar-refractivity contribution >= 4 is 43.6 Å². The second-order valence-corrected chi connectivity index (χ2v) is 19.3. The van der Waals surface area contributed by atoms with Crippen LogP contribution in [0.2, 0.25) is 0 Å². The molecule has 4 heteroatoms. The zero-order valence-corrected chi connectivity index (χ0v) is 17.2. The Morgan fingerprint density at radius 1 is 0.591 bits per heavy atom. The molecule has 0 saturated carbocycles. The average Bonchev–Trinajstić information content (AvgIpc) is 2.62. The monoisotopic (exact) mass is 500 g/mol. The summed E-state index contributed by atoms with van der Waals surface area (Å²) in [5.41, 5.74) is 0. The van der Waals surface area contributed by atoms with Crippen molar-refractivity contribution in [1.29, 1.82) is 0 Å². The predicted molar refractivity (Wildman–Crippen MR) is 102 cm³/mol. The summed E-state index contributed by atoms with van der Waals surface area (Å²) in [5.74, 6) is 0. The van der Waals surface area contributed by atoms with Gasteiger partial charge in [-0.2, -0.15) is 0 Å². The summed E-state index contributed by atoms with van der Waals surface area (Å²) >= 11 is 3.70. The van der Waals surface area contributed by atoms with Crippen LogP contribution in [-0.2, 0) is 0 Å². The molecule has 0 aliphatic carbocycles. The fraction of sp³-hybridized carbons (Fsp3) is 0. The molecule has 0 fully saturated rings. The van der Waals surface area contributed by atoms with Crippen LogP contribution in [-0.4, -0.2) is 0 Å². The van der Waals surface area contributed by atoms with Gasteiger partial charge in [0.15, 0.2) is 0 Å². The number of hydrogen-bond acceptors (Lipinski definition) is 1. The Bertz CT molecular complexity index is 610. The van der Waals surface area contributed by atoms with E-state index < -0.39 is 6.46 Å². The first-order chi connectivity index (χ1) is 10.9. The molecule has 0 heterocycles. The molecule has 0 aromatic heterocycles. The Morgan fingerprint density at radius 3 is 1.18 bits per heavy atom. The van der Waals surface area contributed by atoms with Gasteiger partial charge in [-0.25, -0.2) is 0 Å². The molecule has 0 radical (unpaired) electrons. The van der Waals surface area contributed by atoms with Gasteiger partial charge >= 0.3 is 152 Å². The van der Waals surface area contributed by atoms with Crippen LogP contribution in [0, 0.1) is 0 Å². The molecule has 0 nitrogen and oxygen atoms in total. The normalized spacial score (nSPS) is 11.5. The molecule has 0 aliphatic rings. The van der Waals surface area contributed by atoms with Gasteiger partial charge in [-0.3, -0.25) is 0 Å². The van der Waals surface area contributed by atoms with Gasteiger partial charge in [-0.15, -0.1) is 0 Å². The van der Waals surface area contributed by atoms with Gasteiger partial charge in [0.05, 0.1) is 0 Å². The van der Waals surface area contributed by atoms with Crippen molar-refractivity contribution in [3.8, 4) is 0 Å². The quantitative estimate of drug-likeness (QED) is 0.381. The first-order valence-electron chi connectivity index (χ1n) is 6.88. The average molecular weight is 501 g/mol. The van der Waals surface area contributed by atoms with Crippen LogP contribution < -0.4 is 33.5 Å². The van der Waals surface area contributed by atoms with Crippen molar-refractivity contribution in [1.82, 2.24) is 0 Å². The summed E-state index contributed by atoms with van der Waals surface area (Å²) in [6, 6.07) is 32.9. The van der Waals surface area contributed by atoms with Gasteiger partial charge in [0.1, 0.15) is 0 Å².